The maximum atomic E-state index is 13.0. The second-order valence-corrected chi connectivity index (χ2v) is 6.93. The van der Waals surface area contributed by atoms with E-state index in [1.54, 1.807) is 6.92 Å². The number of carbonyl (C=O) groups excluding carboxylic acids is 1. The molecule has 0 saturated heterocycles. The van der Waals surface area contributed by atoms with E-state index in [1.165, 1.54) is 30.3 Å². The lowest BCUT2D eigenvalue weighted by Gasteiger charge is -2.04. The molecule has 1 aromatic heterocycles. The van der Waals surface area contributed by atoms with E-state index in [4.69, 9.17) is 5.14 Å². The smallest absolute Gasteiger partial charge is 0.266 e. The number of nitrogens with two attached hydrogens (primary N) is 1. The van der Waals surface area contributed by atoms with Crippen LogP contribution in [-0.4, -0.2) is 14.3 Å². The van der Waals surface area contributed by atoms with Gasteiger partial charge in [0.2, 0.25) is 10.0 Å². The minimum Gasteiger partial charge on any atom is -0.321 e. The van der Waals surface area contributed by atoms with Crippen molar-refractivity contribution in [1.82, 2.24) is 0 Å². The fourth-order valence-electron chi connectivity index (χ4n) is 1.57. The lowest BCUT2D eigenvalue weighted by molar-refractivity contribution is 0.103. The molecule has 0 saturated carbocycles. The summed E-state index contributed by atoms with van der Waals surface area (Å²) < 4.78 is 35.4. The molecular weight excluding hydrogens is 303 g/mol. The molecule has 1 amide bonds. The molecule has 0 radical (unpaired) electrons. The summed E-state index contributed by atoms with van der Waals surface area (Å²) in [5.74, 6) is -0.982. The lowest BCUT2D eigenvalue weighted by atomic mass is 10.2. The monoisotopic (exact) mass is 314 g/mol. The molecule has 0 atom stereocenters. The van der Waals surface area contributed by atoms with Gasteiger partial charge in [0.15, 0.2) is 0 Å². The van der Waals surface area contributed by atoms with Crippen LogP contribution in [0, 0.1) is 12.7 Å². The van der Waals surface area contributed by atoms with E-state index >= 15 is 0 Å². The maximum absolute atomic E-state index is 13.0. The van der Waals surface area contributed by atoms with Gasteiger partial charge in [-0.1, -0.05) is 6.07 Å². The van der Waals surface area contributed by atoms with E-state index < -0.39 is 21.7 Å². The summed E-state index contributed by atoms with van der Waals surface area (Å²) in [5.41, 5.74) is 0.785. The van der Waals surface area contributed by atoms with Crippen LogP contribution in [0.1, 0.15) is 15.2 Å². The van der Waals surface area contributed by atoms with Gasteiger partial charge in [0, 0.05) is 5.69 Å². The van der Waals surface area contributed by atoms with E-state index in [-0.39, 0.29) is 9.09 Å². The molecule has 0 aliphatic carbocycles. The Labute approximate surface area is 119 Å². The Balaban J connectivity index is 2.28. The highest BCUT2D eigenvalue weighted by atomic mass is 32.2. The summed E-state index contributed by atoms with van der Waals surface area (Å²) in [6.45, 7) is 1.60. The van der Waals surface area contributed by atoms with Gasteiger partial charge in [0.05, 0.1) is 4.88 Å². The van der Waals surface area contributed by atoms with Gasteiger partial charge in [-0.05, 0) is 36.8 Å². The summed E-state index contributed by atoms with van der Waals surface area (Å²) >= 11 is 0.779. The molecule has 5 nitrogen and oxygen atoms in total. The second kappa shape index (κ2) is 5.31. The molecule has 0 unspecified atom stereocenters. The maximum Gasteiger partial charge on any atom is 0.266 e. The van der Waals surface area contributed by atoms with E-state index in [0.29, 0.717) is 11.3 Å². The highest BCUT2D eigenvalue weighted by molar-refractivity contribution is 7.91. The SMILES string of the molecule is Cc1cc(S(N)(=O)=O)sc1C(=O)Nc1cccc(F)c1. The number of halogens is 1. The zero-order chi connectivity index (χ0) is 14.9. The summed E-state index contributed by atoms with van der Waals surface area (Å²) in [4.78, 5) is 12.2. The number of primary sulfonamides is 1. The average molecular weight is 314 g/mol. The number of carbonyl (C=O) groups is 1. The predicted molar refractivity (Wildman–Crippen MR) is 74.8 cm³/mol. The number of anilines is 1. The molecular formula is C12H11FN2O3S2. The molecule has 0 aliphatic rings. The van der Waals surface area contributed by atoms with Crippen molar-refractivity contribution < 1.29 is 17.6 Å². The number of amides is 1. The van der Waals surface area contributed by atoms with Gasteiger partial charge >= 0.3 is 0 Å². The fraction of sp³-hybridized carbons (Fsp3) is 0.0833. The first-order chi connectivity index (χ1) is 9.27. The van der Waals surface area contributed by atoms with Gasteiger partial charge in [-0.3, -0.25) is 4.79 Å². The number of hydrogen-bond donors (Lipinski definition) is 2. The molecule has 0 fully saturated rings. The third-order valence-electron chi connectivity index (χ3n) is 2.46. The van der Waals surface area contributed by atoms with E-state index in [2.05, 4.69) is 5.32 Å². The first-order valence-electron chi connectivity index (χ1n) is 5.47. The summed E-state index contributed by atoms with van der Waals surface area (Å²) in [6, 6.07) is 6.75. The molecule has 0 spiro atoms. The van der Waals surface area contributed by atoms with Crippen molar-refractivity contribution in [1.29, 1.82) is 0 Å². The van der Waals surface area contributed by atoms with Crippen LogP contribution in [0.15, 0.2) is 34.5 Å². The third-order valence-corrected chi connectivity index (χ3v) is 5.12. The molecule has 2 aromatic rings. The third kappa shape index (κ3) is 3.21. The van der Waals surface area contributed by atoms with Crippen LogP contribution in [0.3, 0.4) is 0 Å². The average Bonchev–Trinajstić information content (AvgIpc) is 2.71. The van der Waals surface area contributed by atoms with Gasteiger partial charge in [-0.2, -0.15) is 0 Å². The summed E-state index contributed by atoms with van der Waals surface area (Å²) in [7, 11) is -3.84. The van der Waals surface area contributed by atoms with Crippen LogP contribution >= 0.6 is 11.3 Å². The van der Waals surface area contributed by atoms with Crippen LogP contribution in [0.4, 0.5) is 10.1 Å². The molecule has 106 valence electrons. The Hall–Kier alpha value is -1.77. The van der Waals surface area contributed by atoms with Crippen molar-refractivity contribution >= 4 is 33.0 Å². The number of thiophene rings is 1. The number of aryl methyl sites for hydroxylation is 1. The van der Waals surface area contributed by atoms with Gasteiger partial charge in [-0.15, -0.1) is 11.3 Å². The van der Waals surface area contributed by atoms with Crippen molar-refractivity contribution in [2.24, 2.45) is 5.14 Å². The van der Waals surface area contributed by atoms with E-state index in [1.807, 2.05) is 0 Å². The highest BCUT2D eigenvalue weighted by Crippen LogP contribution is 2.26. The van der Waals surface area contributed by atoms with Crippen molar-refractivity contribution in [3.05, 3.63) is 46.6 Å². The van der Waals surface area contributed by atoms with Gasteiger partial charge in [0.25, 0.3) is 5.91 Å². The number of benzene rings is 1. The van der Waals surface area contributed by atoms with Crippen LogP contribution in [-0.2, 0) is 10.0 Å². The van der Waals surface area contributed by atoms with Crippen LogP contribution in [0.2, 0.25) is 0 Å². The number of nitrogens with one attached hydrogen (secondary N) is 1. The predicted octanol–water partition coefficient (Wildman–Crippen LogP) is 2.10. The number of rotatable bonds is 3. The van der Waals surface area contributed by atoms with Crippen molar-refractivity contribution in [2.75, 3.05) is 5.32 Å². The minimum atomic E-state index is -3.84. The summed E-state index contributed by atoms with van der Waals surface area (Å²) in [5, 5.41) is 7.51. The second-order valence-electron chi connectivity index (χ2n) is 4.09. The lowest BCUT2D eigenvalue weighted by Crippen LogP contribution is -2.11. The Morgan fingerprint density at radius 1 is 1.35 bits per heavy atom. The van der Waals surface area contributed by atoms with E-state index in [9.17, 15) is 17.6 Å². The molecule has 0 bridgehead atoms. The Morgan fingerprint density at radius 3 is 2.60 bits per heavy atom. The molecule has 20 heavy (non-hydrogen) atoms. The van der Waals surface area contributed by atoms with Crippen molar-refractivity contribution in [3.8, 4) is 0 Å². The van der Waals surface area contributed by atoms with Crippen LogP contribution in [0.5, 0.6) is 0 Å². The molecule has 3 N–H and O–H groups in total. The van der Waals surface area contributed by atoms with Gasteiger partial charge < -0.3 is 5.32 Å². The number of sulfonamides is 1. The van der Waals surface area contributed by atoms with Crippen molar-refractivity contribution in [3.63, 3.8) is 0 Å². The fourth-order valence-corrected chi connectivity index (χ4v) is 3.43. The molecule has 2 rings (SSSR count). The van der Waals surface area contributed by atoms with Crippen LogP contribution in [0.25, 0.3) is 0 Å². The zero-order valence-electron chi connectivity index (χ0n) is 10.4. The Kier molecular flexibility index (Phi) is 3.89. The summed E-state index contributed by atoms with van der Waals surface area (Å²) in [6.07, 6.45) is 0. The highest BCUT2D eigenvalue weighted by Gasteiger charge is 2.19. The topological polar surface area (TPSA) is 89.3 Å². The first kappa shape index (κ1) is 14.6. The molecule has 1 heterocycles. The zero-order valence-corrected chi connectivity index (χ0v) is 12.0. The molecule has 0 aliphatic heterocycles. The first-order valence-corrected chi connectivity index (χ1v) is 7.84. The van der Waals surface area contributed by atoms with Gasteiger partial charge in [-0.25, -0.2) is 17.9 Å². The molecule has 8 heteroatoms. The Morgan fingerprint density at radius 2 is 2.05 bits per heavy atom. The minimum absolute atomic E-state index is 0.0839. The van der Waals surface area contributed by atoms with Crippen molar-refractivity contribution in [2.45, 2.75) is 11.1 Å². The van der Waals surface area contributed by atoms with Gasteiger partial charge in [0.1, 0.15) is 10.0 Å². The standard InChI is InChI=1S/C12H11FN2O3S2/c1-7-5-10(20(14,17)18)19-11(7)12(16)15-9-4-2-3-8(13)6-9/h2-6H,1H3,(H,15,16)(H2,14,17,18). The van der Waals surface area contributed by atoms with Crippen LogP contribution < -0.4 is 10.5 Å². The van der Waals surface area contributed by atoms with E-state index in [0.717, 1.165) is 11.3 Å². The normalized spacial score (nSPS) is 11.3. The Bertz CT molecular complexity index is 769. The quantitative estimate of drug-likeness (QED) is 0.909. The molecule has 1 aromatic carbocycles. The largest absolute Gasteiger partial charge is 0.321 e. The number of hydrogen-bond acceptors (Lipinski definition) is 4.